The molecular weight excluding hydrogens is 230 g/mol. The molecule has 1 aromatic rings. The highest BCUT2D eigenvalue weighted by Gasteiger charge is 2.30. The summed E-state index contributed by atoms with van der Waals surface area (Å²) in [4.78, 5) is 0. The van der Waals surface area contributed by atoms with E-state index >= 15 is 0 Å². The highest BCUT2D eigenvalue weighted by atomic mass is 14.9. The van der Waals surface area contributed by atoms with Gasteiger partial charge in [0.15, 0.2) is 0 Å². The van der Waals surface area contributed by atoms with Crippen LogP contribution in [0.3, 0.4) is 0 Å². The minimum atomic E-state index is 0.434. The van der Waals surface area contributed by atoms with E-state index < -0.39 is 0 Å². The topological polar surface area (TPSA) is 12.0 Å². The summed E-state index contributed by atoms with van der Waals surface area (Å²) >= 11 is 0. The molecule has 106 valence electrons. The van der Waals surface area contributed by atoms with E-state index in [4.69, 9.17) is 0 Å². The highest BCUT2D eigenvalue weighted by Crippen LogP contribution is 2.41. The first-order valence-electron chi connectivity index (χ1n) is 7.77. The van der Waals surface area contributed by atoms with Crippen molar-refractivity contribution in [3.63, 3.8) is 0 Å². The second-order valence-electron chi connectivity index (χ2n) is 6.97. The number of benzene rings is 1. The van der Waals surface area contributed by atoms with Gasteiger partial charge in [-0.25, -0.2) is 0 Å². The summed E-state index contributed by atoms with van der Waals surface area (Å²) in [7, 11) is 0. The summed E-state index contributed by atoms with van der Waals surface area (Å²) < 4.78 is 0. The molecule has 0 radical (unpaired) electrons. The van der Waals surface area contributed by atoms with Gasteiger partial charge in [0.1, 0.15) is 0 Å². The summed E-state index contributed by atoms with van der Waals surface area (Å²) in [5, 5.41) is 3.79. The minimum Gasteiger partial charge on any atom is -0.310 e. The molecule has 0 heterocycles. The number of fused-ring (bicyclic) bond motifs is 1. The van der Waals surface area contributed by atoms with Crippen LogP contribution >= 0.6 is 0 Å². The number of hydrogen-bond acceptors (Lipinski definition) is 1. The van der Waals surface area contributed by atoms with Crippen LogP contribution in [0.1, 0.15) is 68.3 Å². The zero-order chi connectivity index (χ0) is 14.0. The molecule has 1 aliphatic rings. The predicted octanol–water partition coefficient (Wildman–Crippen LogP) is 4.71. The molecule has 0 fully saturated rings. The predicted molar refractivity (Wildman–Crippen MR) is 83.7 cm³/mol. The van der Waals surface area contributed by atoms with Gasteiger partial charge in [-0.1, -0.05) is 32.9 Å². The van der Waals surface area contributed by atoms with Crippen molar-refractivity contribution < 1.29 is 0 Å². The Kier molecular flexibility index (Phi) is 4.35. The van der Waals surface area contributed by atoms with Gasteiger partial charge in [-0.2, -0.15) is 0 Å². The SMILES string of the molecule is CCCNC1CC(C)(C)CCc2c(C)ccc(C)c21. The van der Waals surface area contributed by atoms with Crippen molar-refractivity contribution in [3.05, 3.63) is 34.4 Å². The van der Waals surface area contributed by atoms with E-state index in [1.54, 1.807) is 11.1 Å². The van der Waals surface area contributed by atoms with Crippen LogP contribution in [0, 0.1) is 19.3 Å². The molecule has 1 unspecified atom stereocenters. The molecule has 0 amide bonds. The van der Waals surface area contributed by atoms with Crippen molar-refractivity contribution in [2.45, 2.75) is 66.3 Å². The summed E-state index contributed by atoms with van der Waals surface area (Å²) in [6.07, 6.45) is 5.00. The molecule has 0 saturated carbocycles. The minimum absolute atomic E-state index is 0.434. The van der Waals surface area contributed by atoms with Gasteiger partial charge in [-0.15, -0.1) is 0 Å². The number of rotatable bonds is 3. The Morgan fingerprint density at radius 3 is 2.58 bits per heavy atom. The average molecular weight is 259 g/mol. The van der Waals surface area contributed by atoms with E-state index in [0.717, 1.165) is 6.54 Å². The highest BCUT2D eigenvalue weighted by molar-refractivity contribution is 5.43. The van der Waals surface area contributed by atoms with E-state index in [9.17, 15) is 0 Å². The Hall–Kier alpha value is -0.820. The van der Waals surface area contributed by atoms with E-state index in [-0.39, 0.29) is 0 Å². The molecule has 1 N–H and O–H groups in total. The Labute approximate surface area is 118 Å². The summed E-state index contributed by atoms with van der Waals surface area (Å²) in [5.41, 5.74) is 6.58. The van der Waals surface area contributed by atoms with E-state index in [1.807, 2.05) is 0 Å². The smallest absolute Gasteiger partial charge is 0.0330 e. The Balaban J connectivity index is 2.43. The molecular formula is C18H29N. The van der Waals surface area contributed by atoms with Crippen molar-refractivity contribution in [2.75, 3.05) is 6.54 Å². The van der Waals surface area contributed by atoms with Crippen molar-refractivity contribution in [1.82, 2.24) is 5.32 Å². The van der Waals surface area contributed by atoms with Crippen LogP contribution in [0.25, 0.3) is 0 Å². The zero-order valence-electron chi connectivity index (χ0n) is 13.3. The Morgan fingerprint density at radius 1 is 1.21 bits per heavy atom. The lowest BCUT2D eigenvalue weighted by molar-refractivity contribution is 0.273. The molecule has 19 heavy (non-hydrogen) atoms. The maximum Gasteiger partial charge on any atom is 0.0330 e. The van der Waals surface area contributed by atoms with Crippen LogP contribution in [0.4, 0.5) is 0 Å². The first kappa shape index (κ1) is 14.6. The number of aryl methyl sites for hydroxylation is 2. The third kappa shape index (κ3) is 3.20. The van der Waals surface area contributed by atoms with Crippen molar-refractivity contribution in [2.24, 2.45) is 5.41 Å². The number of nitrogens with one attached hydrogen (secondary N) is 1. The van der Waals surface area contributed by atoms with E-state index in [2.05, 4.69) is 52.1 Å². The second-order valence-corrected chi connectivity index (χ2v) is 6.97. The fraction of sp³-hybridized carbons (Fsp3) is 0.667. The molecule has 1 aliphatic carbocycles. The Bertz CT molecular complexity index is 445. The zero-order valence-corrected chi connectivity index (χ0v) is 13.3. The molecule has 1 aromatic carbocycles. The van der Waals surface area contributed by atoms with Gasteiger partial charge in [0.05, 0.1) is 0 Å². The van der Waals surface area contributed by atoms with Gasteiger partial charge in [0, 0.05) is 6.04 Å². The number of hydrogen-bond donors (Lipinski definition) is 1. The third-order valence-corrected chi connectivity index (χ3v) is 4.61. The average Bonchev–Trinajstić information content (AvgIpc) is 2.48. The maximum atomic E-state index is 3.79. The first-order chi connectivity index (χ1) is 8.94. The fourth-order valence-electron chi connectivity index (χ4n) is 3.42. The quantitative estimate of drug-likeness (QED) is 0.775. The molecule has 0 aromatic heterocycles. The lowest BCUT2D eigenvalue weighted by Gasteiger charge is -2.28. The molecule has 1 heteroatoms. The van der Waals surface area contributed by atoms with Gasteiger partial charge in [0.25, 0.3) is 0 Å². The van der Waals surface area contributed by atoms with Gasteiger partial charge < -0.3 is 5.32 Å². The maximum absolute atomic E-state index is 3.79. The molecule has 0 spiro atoms. The van der Waals surface area contributed by atoms with Crippen LogP contribution in [0.5, 0.6) is 0 Å². The largest absolute Gasteiger partial charge is 0.310 e. The van der Waals surface area contributed by atoms with E-state index in [0.29, 0.717) is 11.5 Å². The van der Waals surface area contributed by atoms with Crippen molar-refractivity contribution in [3.8, 4) is 0 Å². The van der Waals surface area contributed by atoms with Crippen LogP contribution < -0.4 is 5.32 Å². The van der Waals surface area contributed by atoms with E-state index in [1.165, 1.54) is 36.8 Å². The van der Waals surface area contributed by atoms with Gasteiger partial charge in [-0.05, 0) is 73.7 Å². The van der Waals surface area contributed by atoms with Crippen LogP contribution in [-0.2, 0) is 6.42 Å². The van der Waals surface area contributed by atoms with Gasteiger partial charge in [-0.3, -0.25) is 0 Å². The second kappa shape index (κ2) is 5.66. The molecule has 1 nitrogen and oxygen atoms in total. The molecule has 0 saturated heterocycles. The lowest BCUT2D eigenvalue weighted by atomic mass is 9.82. The summed E-state index contributed by atoms with van der Waals surface area (Å²) in [5.74, 6) is 0. The van der Waals surface area contributed by atoms with Gasteiger partial charge >= 0.3 is 0 Å². The van der Waals surface area contributed by atoms with Crippen LogP contribution in [0.15, 0.2) is 12.1 Å². The molecule has 0 bridgehead atoms. The fourth-order valence-corrected chi connectivity index (χ4v) is 3.42. The molecule has 2 rings (SSSR count). The molecule has 0 aliphatic heterocycles. The Morgan fingerprint density at radius 2 is 1.89 bits per heavy atom. The standard InChI is InChI=1S/C18H29N/c1-6-11-19-16-12-18(4,5)10-9-15-13(2)7-8-14(3)17(15)16/h7-8,16,19H,6,9-12H2,1-5H3. The van der Waals surface area contributed by atoms with Crippen molar-refractivity contribution >= 4 is 0 Å². The van der Waals surface area contributed by atoms with Crippen LogP contribution in [0.2, 0.25) is 0 Å². The monoisotopic (exact) mass is 259 g/mol. The summed E-state index contributed by atoms with van der Waals surface area (Å²) in [6, 6.07) is 5.13. The first-order valence-corrected chi connectivity index (χ1v) is 7.77. The van der Waals surface area contributed by atoms with Crippen molar-refractivity contribution in [1.29, 1.82) is 0 Å². The molecule has 1 atom stereocenters. The van der Waals surface area contributed by atoms with Gasteiger partial charge in [0.2, 0.25) is 0 Å². The summed E-state index contributed by atoms with van der Waals surface area (Å²) in [6.45, 7) is 12.8. The van der Waals surface area contributed by atoms with Crippen LogP contribution in [-0.4, -0.2) is 6.54 Å². The third-order valence-electron chi connectivity index (χ3n) is 4.61. The lowest BCUT2D eigenvalue weighted by Crippen LogP contribution is -2.27. The normalized spacial score (nSPS) is 21.8.